The molecule has 0 aliphatic carbocycles. The van der Waals surface area contributed by atoms with Crippen LogP contribution in [0.5, 0.6) is 0 Å². The van der Waals surface area contributed by atoms with Crippen molar-refractivity contribution in [3.63, 3.8) is 0 Å². The van der Waals surface area contributed by atoms with Crippen LogP contribution in [0.4, 0.5) is 15.8 Å². The highest BCUT2D eigenvalue weighted by molar-refractivity contribution is 7.92. The minimum absolute atomic E-state index is 0.0554. The third-order valence-electron chi connectivity index (χ3n) is 4.25. The van der Waals surface area contributed by atoms with Gasteiger partial charge < -0.3 is 5.32 Å². The van der Waals surface area contributed by atoms with Crippen LogP contribution in [0.25, 0.3) is 0 Å². The fourth-order valence-corrected chi connectivity index (χ4v) is 3.78. The summed E-state index contributed by atoms with van der Waals surface area (Å²) in [5.74, 6) is -0.885. The van der Waals surface area contributed by atoms with Gasteiger partial charge in [0.05, 0.1) is 11.3 Å². The van der Waals surface area contributed by atoms with Crippen molar-refractivity contribution in [3.8, 4) is 0 Å². The molecule has 6 nitrogen and oxygen atoms in total. The van der Waals surface area contributed by atoms with Crippen LogP contribution in [0.2, 0.25) is 0 Å². The molecule has 3 rings (SSSR count). The first kappa shape index (κ1) is 21.2. The van der Waals surface area contributed by atoms with E-state index < -0.39 is 15.8 Å². The molecule has 0 spiro atoms. The maximum absolute atomic E-state index is 13.0. The number of hydrogen-bond acceptors (Lipinski definition) is 4. The molecule has 0 radical (unpaired) electrons. The normalized spacial score (nSPS) is 11.0. The minimum Gasteiger partial charge on any atom is -0.326 e. The molecule has 0 saturated carbocycles. The first-order valence-electron chi connectivity index (χ1n) is 9.01. The van der Waals surface area contributed by atoms with Crippen molar-refractivity contribution in [2.45, 2.75) is 18.2 Å². The molecule has 2 N–H and O–H groups in total. The largest absolute Gasteiger partial charge is 0.326 e. The lowest BCUT2D eigenvalue weighted by molar-refractivity contribution is -0.115. The molecule has 8 heteroatoms. The molecule has 1 amide bonds. The van der Waals surface area contributed by atoms with E-state index in [1.807, 2.05) is 0 Å². The highest BCUT2D eigenvalue weighted by Gasteiger charge is 2.14. The predicted octanol–water partition coefficient (Wildman–Crippen LogP) is 4.01. The van der Waals surface area contributed by atoms with Crippen LogP contribution in [-0.2, 0) is 21.2 Å². The number of ketones is 1. The van der Waals surface area contributed by atoms with E-state index in [2.05, 4.69) is 10.0 Å². The zero-order valence-corrected chi connectivity index (χ0v) is 16.9. The van der Waals surface area contributed by atoms with Crippen LogP contribution >= 0.6 is 0 Å². The maximum atomic E-state index is 13.0. The number of rotatable bonds is 7. The van der Waals surface area contributed by atoms with Crippen molar-refractivity contribution in [1.29, 1.82) is 0 Å². The molecule has 0 aromatic heterocycles. The van der Waals surface area contributed by atoms with Gasteiger partial charge in [-0.15, -0.1) is 0 Å². The van der Waals surface area contributed by atoms with Crippen LogP contribution in [0, 0.1) is 5.82 Å². The number of carbonyl (C=O) groups excluding carboxylic acids is 2. The fourth-order valence-electron chi connectivity index (χ4n) is 2.72. The van der Waals surface area contributed by atoms with Crippen LogP contribution < -0.4 is 10.0 Å². The van der Waals surface area contributed by atoms with Gasteiger partial charge >= 0.3 is 0 Å². The Kier molecular flexibility index (Phi) is 6.27. The van der Waals surface area contributed by atoms with Crippen molar-refractivity contribution in [3.05, 3.63) is 89.7 Å². The monoisotopic (exact) mass is 426 g/mol. The summed E-state index contributed by atoms with van der Waals surface area (Å²) < 4.78 is 40.1. The Morgan fingerprint density at radius 3 is 2.20 bits per heavy atom. The van der Waals surface area contributed by atoms with Crippen molar-refractivity contribution in [2.24, 2.45) is 0 Å². The molecule has 0 fully saturated rings. The topological polar surface area (TPSA) is 92.3 Å². The summed E-state index contributed by atoms with van der Waals surface area (Å²) in [6, 6.07) is 17.5. The molecule has 3 aromatic carbocycles. The third kappa shape index (κ3) is 5.51. The molecule has 154 valence electrons. The Morgan fingerprint density at radius 2 is 1.57 bits per heavy atom. The molecule has 0 aliphatic rings. The molecule has 0 unspecified atom stereocenters. The lowest BCUT2D eigenvalue weighted by Crippen LogP contribution is -2.15. The average Bonchev–Trinajstić information content (AvgIpc) is 2.70. The Morgan fingerprint density at radius 1 is 0.900 bits per heavy atom. The second-order valence-electron chi connectivity index (χ2n) is 6.62. The van der Waals surface area contributed by atoms with E-state index in [-0.39, 0.29) is 23.0 Å². The van der Waals surface area contributed by atoms with Gasteiger partial charge in [0.2, 0.25) is 5.91 Å². The number of anilines is 2. The Labute approximate surface area is 173 Å². The standard InChI is InChI=1S/C22H19FN2O4S/c1-15(26)17-3-2-4-20(14-17)24-22(27)13-16-5-9-19(10-6-16)25-30(28,29)21-11-7-18(23)8-12-21/h2-12,14,25H,13H2,1H3,(H,24,27). The Balaban J connectivity index is 1.63. The van der Waals surface area contributed by atoms with Crippen LogP contribution in [0.3, 0.4) is 0 Å². The van der Waals surface area contributed by atoms with Gasteiger partial charge in [0.15, 0.2) is 5.78 Å². The van der Waals surface area contributed by atoms with Gasteiger partial charge in [-0.1, -0.05) is 24.3 Å². The molecule has 0 heterocycles. The summed E-state index contributed by atoms with van der Waals surface area (Å²) in [6.45, 7) is 1.45. The van der Waals surface area contributed by atoms with Crippen LogP contribution in [0.15, 0.2) is 77.7 Å². The van der Waals surface area contributed by atoms with E-state index in [9.17, 15) is 22.4 Å². The SMILES string of the molecule is CC(=O)c1cccc(NC(=O)Cc2ccc(NS(=O)(=O)c3ccc(F)cc3)cc2)c1. The average molecular weight is 426 g/mol. The minimum atomic E-state index is -3.84. The first-order chi connectivity index (χ1) is 14.2. The van der Waals surface area contributed by atoms with E-state index >= 15 is 0 Å². The molecule has 30 heavy (non-hydrogen) atoms. The number of benzene rings is 3. The predicted molar refractivity (Wildman–Crippen MR) is 112 cm³/mol. The summed E-state index contributed by atoms with van der Waals surface area (Å²) in [4.78, 5) is 23.6. The van der Waals surface area contributed by atoms with Crippen molar-refractivity contribution in [1.82, 2.24) is 0 Å². The van der Waals surface area contributed by atoms with Crippen LogP contribution in [-0.4, -0.2) is 20.1 Å². The van der Waals surface area contributed by atoms with E-state index in [0.717, 1.165) is 12.1 Å². The van der Waals surface area contributed by atoms with E-state index in [1.165, 1.54) is 19.1 Å². The second kappa shape index (κ2) is 8.87. The lowest BCUT2D eigenvalue weighted by atomic mass is 10.1. The van der Waals surface area contributed by atoms with Crippen LogP contribution in [0.1, 0.15) is 22.8 Å². The van der Waals surface area contributed by atoms with E-state index in [4.69, 9.17) is 0 Å². The third-order valence-corrected chi connectivity index (χ3v) is 5.64. The van der Waals surface area contributed by atoms with Gasteiger partial charge in [0.1, 0.15) is 5.82 Å². The van der Waals surface area contributed by atoms with Crippen molar-refractivity contribution >= 4 is 33.1 Å². The van der Waals surface area contributed by atoms with E-state index in [1.54, 1.807) is 48.5 Å². The molecular formula is C22H19FN2O4S. The first-order valence-corrected chi connectivity index (χ1v) is 10.5. The fraction of sp³-hybridized carbons (Fsp3) is 0.0909. The summed E-state index contributed by atoms with van der Waals surface area (Å²) in [7, 11) is -3.84. The van der Waals surface area contributed by atoms with Gasteiger partial charge in [-0.05, 0) is 61.0 Å². The number of nitrogens with one attached hydrogen (secondary N) is 2. The summed E-state index contributed by atoms with van der Waals surface area (Å²) in [5, 5.41) is 2.73. The van der Waals surface area contributed by atoms with Gasteiger partial charge in [-0.25, -0.2) is 12.8 Å². The number of amides is 1. The number of carbonyl (C=O) groups is 2. The molecule has 0 bridgehead atoms. The lowest BCUT2D eigenvalue weighted by Gasteiger charge is -2.09. The molecule has 0 saturated heterocycles. The highest BCUT2D eigenvalue weighted by Crippen LogP contribution is 2.18. The summed E-state index contributed by atoms with van der Waals surface area (Å²) >= 11 is 0. The van der Waals surface area contributed by atoms with Gasteiger partial charge in [-0.2, -0.15) is 0 Å². The van der Waals surface area contributed by atoms with Gasteiger partial charge in [0.25, 0.3) is 10.0 Å². The number of hydrogen-bond donors (Lipinski definition) is 2. The number of halogens is 1. The Bertz CT molecular complexity index is 1170. The maximum Gasteiger partial charge on any atom is 0.261 e. The summed E-state index contributed by atoms with van der Waals surface area (Å²) in [6.07, 6.45) is 0.0787. The second-order valence-corrected chi connectivity index (χ2v) is 8.30. The molecule has 0 atom stereocenters. The van der Waals surface area contributed by atoms with Gasteiger partial charge in [0, 0.05) is 16.9 Å². The smallest absolute Gasteiger partial charge is 0.261 e. The highest BCUT2D eigenvalue weighted by atomic mass is 32.2. The zero-order valence-electron chi connectivity index (χ0n) is 16.1. The van der Waals surface area contributed by atoms with Crippen molar-refractivity contribution < 1.29 is 22.4 Å². The zero-order chi connectivity index (χ0) is 21.7. The van der Waals surface area contributed by atoms with Gasteiger partial charge in [-0.3, -0.25) is 14.3 Å². The molecule has 0 aliphatic heterocycles. The quantitative estimate of drug-likeness (QED) is 0.559. The summed E-state index contributed by atoms with van der Waals surface area (Å²) in [5.41, 5.74) is 2.03. The number of Topliss-reactive ketones (excluding diaryl/α,β-unsaturated/α-hetero) is 1. The molecule has 3 aromatic rings. The van der Waals surface area contributed by atoms with Crippen molar-refractivity contribution in [2.75, 3.05) is 10.0 Å². The van der Waals surface area contributed by atoms with E-state index in [0.29, 0.717) is 22.5 Å². The number of sulfonamides is 1. The Hall–Kier alpha value is -3.52. The molecular weight excluding hydrogens is 407 g/mol.